The highest BCUT2D eigenvalue weighted by Gasteiger charge is 2.21. The van der Waals surface area contributed by atoms with Crippen molar-refractivity contribution in [3.63, 3.8) is 0 Å². The fourth-order valence-electron chi connectivity index (χ4n) is 1.95. The number of aromatic nitrogens is 3. The lowest BCUT2D eigenvalue weighted by Crippen LogP contribution is -2.25. The third kappa shape index (κ3) is 2.81. The first-order valence-corrected chi connectivity index (χ1v) is 7.49. The molecule has 0 aliphatic rings. The standard InChI is InChI=1S/C12H17N5O2S/c1-8-4-5-10(13)9(2)12(8)20(18,19)15-6-11-14-7-17(3)16-11/h4-5,7,15H,6,13H2,1-3H3. The van der Waals surface area contributed by atoms with Crippen LogP contribution in [0.25, 0.3) is 0 Å². The summed E-state index contributed by atoms with van der Waals surface area (Å²) >= 11 is 0. The van der Waals surface area contributed by atoms with Crippen LogP contribution in [-0.4, -0.2) is 23.2 Å². The molecule has 3 N–H and O–H groups in total. The third-order valence-corrected chi connectivity index (χ3v) is 4.67. The number of nitrogens with one attached hydrogen (secondary N) is 1. The maximum atomic E-state index is 12.4. The molecular formula is C12H17N5O2S. The van der Waals surface area contributed by atoms with Crippen molar-refractivity contribution in [2.75, 3.05) is 5.73 Å². The van der Waals surface area contributed by atoms with Gasteiger partial charge in [0.25, 0.3) is 0 Å². The van der Waals surface area contributed by atoms with Gasteiger partial charge < -0.3 is 5.73 Å². The molecule has 2 aromatic rings. The molecule has 2 rings (SSSR count). The Hall–Kier alpha value is -1.93. The van der Waals surface area contributed by atoms with Crippen molar-refractivity contribution >= 4 is 15.7 Å². The average Bonchev–Trinajstić information content (AvgIpc) is 2.78. The number of anilines is 1. The molecule has 8 heteroatoms. The summed E-state index contributed by atoms with van der Waals surface area (Å²) in [6.45, 7) is 3.47. The van der Waals surface area contributed by atoms with E-state index >= 15 is 0 Å². The Balaban J connectivity index is 2.29. The summed E-state index contributed by atoms with van der Waals surface area (Å²) in [6, 6.07) is 3.39. The molecule has 0 fully saturated rings. The minimum atomic E-state index is -3.65. The molecule has 7 nitrogen and oxygen atoms in total. The number of benzene rings is 1. The lowest BCUT2D eigenvalue weighted by molar-refractivity contribution is 0.577. The van der Waals surface area contributed by atoms with Crippen LogP contribution in [0.3, 0.4) is 0 Å². The lowest BCUT2D eigenvalue weighted by atomic mass is 10.1. The van der Waals surface area contributed by atoms with Crippen molar-refractivity contribution in [3.8, 4) is 0 Å². The third-order valence-electron chi connectivity index (χ3n) is 2.98. The smallest absolute Gasteiger partial charge is 0.241 e. The number of rotatable bonds is 4. The van der Waals surface area contributed by atoms with Crippen LogP contribution in [0.1, 0.15) is 17.0 Å². The molecule has 0 saturated heterocycles. The molecule has 0 bridgehead atoms. The van der Waals surface area contributed by atoms with Gasteiger partial charge >= 0.3 is 0 Å². The summed E-state index contributed by atoms with van der Waals surface area (Å²) < 4.78 is 28.8. The fraction of sp³-hybridized carbons (Fsp3) is 0.333. The van der Waals surface area contributed by atoms with Crippen LogP contribution in [0.5, 0.6) is 0 Å². The topological polar surface area (TPSA) is 103 Å². The molecule has 20 heavy (non-hydrogen) atoms. The minimum absolute atomic E-state index is 0.0385. The van der Waals surface area contributed by atoms with Crippen molar-refractivity contribution < 1.29 is 8.42 Å². The zero-order valence-electron chi connectivity index (χ0n) is 11.6. The Bertz CT molecular complexity index is 736. The highest BCUT2D eigenvalue weighted by Crippen LogP contribution is 2.24. The predicted octanol–water partition coefficient (Wildman–Crippen LogP) is 0.493. The van der Waals surface area contributed by atoms with E-state index in [0.717, 1.165) is 0 Å². The van der Waals surface area contributed by atoms with Crippen LogP contribution in [0.2, 0.25) is 0 Å². The number of aryl methyl sites for hydroxylation is 2. The highest BCUT2D eigenvalue weighted by atomic mass is 32.2. The highest BCUT2D eigenvalue weighted by molar-refractivity contribution is 7.89. The van der Waals surface area contributed by atoms with Crippen molar-refractivity contribution in [3.05, 3.63) is 35.4 Å². The van der Waals surface area contributed by atoms with E-state index in [1.165, 1.54) is 11.0 Å². The first kappa shape index (κ1) is 14.5. The molecule has 1 heterocycles. The second kappa shape index (κ2) is 5.22. The van der Waals surface area contributed by atoms with Crippen molar-refractivity contribution in [2.45, 2.75) is 25.3 Å². The second-order valence-corrected chi connectivity index (χ2v) is 6.29. The molecule has 0 saturated carbocycles. The van der Waals surface area contributed by atoms with Crippen molar-refractivity contribution in [2.24, 2.45) is 7.05 Å². The van der Waals surface area contributed by atoms with E-state index in [0.29, 0.717) is 22.6 Å². The zero-order chi connectivity index (χ0) is 14.9. The maximum absolute atomic E-state index is 12.4. The molecule has 1 aromatic carbocycles. The first-order chi connectivity index (χ1) is 9.31. The molecule has 0 amide bonds. The minimum Gasteiger partial charge on any atom is -0.398 e. The Kier molecular flexibility index (Phi) is 3.78. The second-order valence-electron chi connectivity index (χ2n) is 4.58. The van der Waals surface area contributed by atoms with Crippen molar-refractivity contribution in [1.82, 2.24) is 19.5 Å². The van der Waals surface area contributed by atoms with Gasteiger partial charge in [-0.15, -0.1) is 0 Å². The van der Waals surface area contributed by atoms with Gasteiger partial charge in [-0.1, -0.05) is 6.07 Å². The monoisotopic (exact) mass is 295 g/mol. The van der Waals surface area contributed by atoms with Gasteiger partial charge in [-0.3, -0.25) is 4.68 Å². The van der Waals surface area contributed by atoms with E-state index in [1.54, 1.807) is 33.0 Å². The first-order valence-electron chi connectivity index (χ1n) is 6.01. The maximum Gasteiger partial charge on any atom is 0.241 e. The van der Waals surface area contributed by atoms with E-state index in [2.05, 4.69) is 14.8 Å². The van der Waals surface area contributed by atoms with Crippen LogP contribution < -0.4 is 10.5 Å². The summed E-state index contributed by atoms with van der Waals surface area (Å²) in [5.74, 6) is 0.412. The summed E-state index contributed by atoms with van der Waals surface area (Å²) in [5, 5.41) is 4.02. The number of hydrogen-bond donors (Lipinski definition) is 2. The summed E-state index contributed by atoms with van der Waals surface area (Å²) in [6.07, 6.45) is 1.51. The Labute approximate surface area is 117 Å². The Morgan fingerprint density at radius 3 is 2.65 bits per heavy atom. The SMILES string of the molecule is Cc1ccc(N)c(C)c1S(=O)(=O)NCc1ncn(C)n1. The van der Waals surface area contributed by atoms with Gasteiger partial charge in [0.05, 0.1) is 11.4 Å². The molecular weight excluding hydrogens is 278 g/mol. The molecule has 0 spiro atoms. The molecule has 0 radical (unpaired) electrons. The average molecular weight is 295 g/mol. The zero-order valence-corrected chi connectivity index (χ0v) is 12.4. The fourth-order valence-corrected chi connectivity index (χ4v) is 3.43. The summed E-state index contributed by atoms with van der Waals surface area (Å²) in [7, 11) is -1.93. The van der Waals surface area contributed by atoms with Crippen LogP contribution >= 0.6 is 0 Å². The van der Waals surface area contributed by atoms with Gasteiger partial charge in [0, 0.05) is 12.7 Å². The van der Waals surface area contributed by atoms with Crippen molar-refractivity contribution in [1.29, 1.82) is 0 Å². The molecule has 108 valence electrons. The molecule has 1 aromatic heterocycles. The Morgan fingerprint density at radius 1 is 1.35 bits per heavy atom. The van der Waals surface area contributed by atoms with Crippen LogP contribution in [-0.2, 0) is 23.6 Å². The summed E-state index contributed by atoms with van der Waals surface area (Å²) in [4.78, 5) is 4.19. The van der Waals surface area contributed by atoms with Gasteiger partial charge in [0.2, 0.25) is 10.0 Å². The quantitative estimate of drug-likeness (QED) is 0.799. The lowest BCUT2D eigenvalue weighted by Gasteiger charge is -2.13. The number of nitrogen functional groups attached to an aromatic ring is 1. The van der Waals surface area contributed by atoms with Gasteiger partial charge in [-0.2, -0.15) is 5.10 Å². The van der Waals surface area contributed by atoms with E-state index in [9.17, 15) is 8.42 Å². The van der Waals surface area contributed by atoms with Gasteiger partial charge in [-0.25, -0.2) is 18.1 Å². The largest absolute Gasteiger partial charge is 0.398 e. The van der Waals surface area contributed by atoms with Gasteiger partial charge in [-0.05, 0) is 31.0 Å². The van der Waals surface area contributed by atoms with E-state index in [1.807, 2.05) is 0 Å². The normalized spacial score (nSPS) is 11.8. The molecule has 0 aliphatic heterocycles. The molecule has 0 unspecified atom stereocenters. The molecule has 0 atom stereocenters. The van der Waals surface area contributed by atoms with E-state index < -0.39 is 10.0 Å². The van der Waals surface area contributed by atoms with Crippen LogP contribution in [0, 0.1) is 13.8 Å². The Morgan fingerprint density at radius 2 is 2.05 bits per heavy atom. The van der Waals surface area contributed by atoms with Crippen LogP contribution in [0.4, 0.5) is 5.69 Å². The number of hydrogen-bond acceptors (Lipinski definition) is 5. The van der Waals surface area contributed by atoms with Gasteiger partial charge in [0.15, 0.2) is 5.82 Å². The number of nitrogens with two attached hydrogens (primary N) is 1. The van der Waals surface area contributed by atoms with Crippen LogP contribution in [0.15, 0.2) is 23.4 Å². The number of sulfonamides is 1. The van der Waals surface area contributed by atoms with E-state index in [-0.39, 0.29) is 11.4 Å². The van der Waals surface area contributed by atoms with E-state index in [4.69, 9.17) is 5.73 Å². The summed E-state index contributed by atoms with van der Waals surface area (Å²) in [5.41, 5.74) is 7.43. The predicted molar refractivity (Wildman–Crippen MR) is 75.4 cm³/mol. The molecule has 0 aliphatic carbocycles. The number of nitrogens with zero attached hydrogens (tertiary/aromatic N) is 3. The van der Waals surface area contributed by atoms with Gasteiger partial charge in [0.1, 0.15) is 6.33 Å².